The quantitative estimate of drug-likeness (QED) is 0.800. The molecule has 2 aromatic rings. The largest absolute Gasteiger partial charge is 0.508 e. The van der Waals surface area contributed by atoms with Gasteiger partial charge in [-0.05, 0) is 23.8 Å². The molecule has 0 aromatic heterocycles. The average Bonchev–Trinajstić information content (AvgIpc) is 2.77. The molecule has 5 heteroatoms. The molecule has 2 aromatic carbocycles. The van der Waals surface area contributed by atoms with Crippen LogP contribution >= 0.6 is 0 Å². The van der Waals surface area contributed by atoms with Crippen molar-refractivity contribution in [3.8, 4) is 5.75 Å². The Hall–Kier alpha value is -2.56. The lowest BCUT2D eigenvalue weighted by Gasteiger charge is -2.10. The summed E-state index contributed by atoms with van der Waals surface area (Å²) in [5, 5.41) is 9.76. The van der Waals surface area contributed by atoms with Crippen molar-refractivity contribution in [1.29, 1.82) is 0 Å². The molecule has 0 saturated carbocycles. The molecule has 0 atom stereocenters. The van der Waals surface area contributed by atoms with Crippen LogP contribution in [0.2, 0.25) is 0 Å². The highest BCUT2D eigenvalue weighted by Crippen LogP contribution is 2.36. The maximum Gasteiger partial charge on any atom is 0.416 e. The lowest BCUT2D eigenvalue weighted by atomic mass is 10.0. The minimum absolute atomic E-state index is 0.0154. The number of rotatable bonds is 1. The Morgan fingerprint density at radius 3 is 2.45 bits per heavy atom. The van der Waals surface area contributed by atoms with Crippen LogP contribution in [0.4, 0.5) is 13.2 Å². The summed E-state index contributed by atoms with van der Waals surface area (Å²) in [6, 6.07) is 9.67. The van der Waals surface area contributed by atoms with Crippen molar-refractivity contribution < 1.29 is 23.1 Å². The standard InChI is InChI=1S/C17H11F3O2/c18-17(19,20)14-6-2-1-4-10(14)8-11-9-13-12(16(11)22)5-3-7-15(13)21/h1-8,21H,9H2/b11-8-. The van der Waals surface area contributed by atoms with Crippen LogP contribution in [-0.2, 0) is 12.6 Å². The number of fused-ring (bicyclic) bond motifs is 1. The number of alkyl halides is 3. The highest BCUT2D eigenvalue weighted by molar-refractivity contribution is 6.16. The zero-order chi connectivity index (χ0) is 15.9. The zero-order valence-electron chi connectivity index (χ0n) is 11.3. The van der Waals surface area contributed by atoms with E-state index in [1.54, 1.807) is 12.1 Å². The molecule has 0 aliphatic heterocycles. The van der Waals surface area contributed by atoms with Crippen LogP contribution in [0, 0.1) is 0 Å². The molecular weight excluding hydrogens is 293 g/mol. The average molecular weight is 304 g/mol. The number of carbonyl (C=O) groups excluding carboxylic acids is 1. The number of halogens is 3. The first kappa shape index (κ1) is 14.4. The number of hydrogen-bond acceptors (Lipinski definition) is 2. The monoisotopic (exact) mass is 304 g/mol. The predicted molar refractivity (Wildman–Crippen MR) is 75.6 cm³/mol. The number of Topliss-reactive ketones (excluding diaryl/α,β-unsaturated/α-hetero) is 1. The van der Waals surface area contributed by atoms with Crippen LogP contribution in [0.5, 0.6) is 5.75 Å². The van der Waals surface area contributed by atoms with Crippen LogP contribution < -0.4 is 0 Å². The van der Waals surface area contributed by atoms with E-state index in [9.17, 15) is 23.1 Å². The van der Waals surface area contributed by atoms with Crippen molar-refractivity contribution >= 4 is 11.9 Å². The molecule has 2 nitrogen and oxygen atoms in total. The first-order chi connectivity index (χ1) is 10.4. The van der Waals surface area contributed by atoms with Crippen LogP contribution in [0.15, 0.2) is 48.0 Å². The molecule has 0 fully saturated rings. The third kappa shape index (κ3) is 2.39. The molecule has 0 spiro atoms. The Kier molecular flexibility index (Phi) is 3.28. The third-order valence-corrected chi connectivity index (χ3v) is 3.65. The summed E-state index contributed by atoms with van der Waals surface area (Å²) in [6.45, 7) is 0. The first-order valence-corrected chi connectivity index (χ1v) is 6.60. The topological polar surface area (TPSA) is 37.3 Å². The van der Waals surface area contributed by atoms with E-state index in [-0.39, 0.29) is 29.1 Å². The number of hydrogen-bond donors (Lipinski definition) is 1. The van der Waals surface area contributed by atoms with Gasteiger partial charge in [-0.15, -0.1) is 0 Å². The van der Waals surface area contributed by atoms with Crippen LogP contribution in [-0.4, -0.2) is 10.9 Å². The van der Waals surface area contributed by atoms with E-state index in [4.69, 9.17) is 0 Å². The smallest absolute Gasteiger partial charge is 0.416 e. The molecule has 1 aliphatic rings. The molecule has 1 N–H and O–H groups in total. The Morgan fingerprint density at radius 2 is 1.77 bits per heavy atom. The van der Waals surface area contributed by atoms with Crippen molar-refractivity contribution in [3.05, 3.63) is 70.3 Å². The maximum absolute atomic E-state index is 13.0. The fourth-order valence-electron chi connectivity index (χ4n) is 2.60. The molecule has 0 unspecified atom stereocenters. The summed E-state index contributed by atoms with van der Waals surface area (Å²) in [7, 11) is 0. The summed E-state index contributed by atoms with van der Waals surface area (Å²) >= 11 is 0. The van der Waals surface area contributed by atoms with Crippen molar-refractivity contribution in [1.82, 2.24) is 0 Å². The molecular formula is C17H11F3O2. The van der Waals surface area contributed by atoms with Crippen LogP contribution in [0.25, 0.3) is 6.08 Å². The van der Waals surface area contributed by atoms with Gasteiger partial charge in [0.25, 0.3) is 0 Å². The van der Waals surface area contributed by atoms with Gasteiger partial charge in [-0.25, -0.2) is 0 Å². The van der Waals surface area contributed by atoms with Crippen LogP contribution in [0.3, 0.4) is 0 Å². The molecule has 0 amide bonds. The lowest BCUT2D eigenvalue weighted by Crippen LogP contribution is -2.07. The minimum Gasteiger partial charge on any atom is -0.508 e. The van der Waals surface area contributed by atoms with Gasteiger partial charge >= 0.3 is 6.18 Å². The molecule has 22 heavy (non-hydrogen) atoms. The number of ketones is 1. The van der Waals surface area contributed by atoms with E-state index in [0.29, 0.717) is 11.1 Å². The summed E-state index contributed by atoms with van der Waals surface area (Å²) in [5.74, 6) is -0.360. The fourth-order valence-corrected chi connectivity index (χ4v) is 2.60. The van der Waals surface area contributed by atoms with E-state index in [1.165, 1.54) is 30.3 Å². The summed E-state index contributed by atoms with van der Waals surface area (Å²) in [5.41, 5.74) is 0.216. The van der Waals surface area contributed by atoms with E-state index >= 15 is 0 Å². The SMILES string of the molecule is O=C1/C(=C\c2ccccc2C(F)(F)F)Cc2c(O)cccc21. The Labute approximate surface area is 124 Å². The highest BCUT2D eigenvalue weighted by Gasteiger charge is 2.33. The predicted octanol–water partition coefficient (Wildman–Crippen LogP) is 4.23. The number of phenolic OH excluding ortho intramolecular Hbond substituents is 1. The molecule has 0 bridgehead atoms. The zero-order valence-corrected chi connectivity index (χ0v) is 11.3. The molecule has 3 rings (SSSR count). The Bertz CT molecular complexity index is 789. The normalized spacial score (nSPS) is 16.1. The van der Waals surface area contributed by atoms with Crippen molar-refractivity contribution in [2.75, 3.05) is 0 Å². The van der Waals surface area contributed by atoms with Gasteiger partial charge in [-0.1, -0.05) is 30.3 Å². The highest BCUT2D eigenvalue weighted by atomic mass is 19.4. The van der Waals surface area contributed by atoms with Gasteiger partial charge in [-0.2, -0.15) is 13.2 Å². The Morgan fingerprint density at radius 1 is 1.05 bits per heavy atom. The van der Waals surface area contributed by atoms with Crippen molar-refractivity contribution in [2.45, 2.75) is 12.6 Å². The summed E-state index contributed by atoms with van der Waals surface area (Å²) in [4.78, 5) is 12.3. The van der Waals surface area contributed by atoms with Gasteiger partial charge in [-0.3, -0.25) is 4.79 Å². The second kappa shape index (κ2) is 5.02. The van der Waals surface area contributed by atoms with Gasteiger partial charge in [0, 0.05) is 23.1 Å². The third-order valence-electron chi connectivity index (χ3n) is 3.65. The second-order valence-electron chi connectivity index (χ2n) is 5.06. The van der Waals surface area contributed by atoms with Gasteiger partial charge < -0.3 is 5.11 Å². The number of carbonyl (C=O) groups is 1. The second-order valence-corrected chi connectivity index (χ2v) is 5.06. The van der Waals surface area contributed by atoms with E-state index in [2.05, 4.69) is 0 Å². The first-order valence-electron chi connectivity index (χ1n) is 6.60. The molecule has 0 heterocycles. The van der Waals surface area contributed by atoms with Crippen molar-refractivity contribution in [3.63, 3.8) is 0 Å². The summed E-state index contributed by atoms with van der Waals surface area (Å²) in [6.07, 6.45) is -3.10. The molecule has 0 radical (unpaired) electrons. The van der Waals surface area contributed by atoms with Gasteiger partial charge in [0.15, 0.2) is 5.78 Å². The van der Waals surface area contributed by atoms with Crippen LogP contribution in [0.1, 0.15) is 27.0 Å². The van der Waals surface area contributed by atoms with Gasteiger partial charge in [0.1, 0.15) is 5.75 Å². The fraction of sp³-hybridized carbons (Fsp3) is 0.118. The van der Waals surface area contributed by atoms with E-state index in [1.807, 2.05) is 0 Å². The Balaban J connectivity index is 2.06. The lowest BCUT2D eigenvalue weighted by molar-refractivity contribution is -0.137. The molecule has 112 valence electrons. The van der Waals surface area contributed by atoms with E-state index in [0.717, 1.165) is 6.07 Å². The minimum atomic E-state index is -4.48. The number of phenols is 1. The number of benzene rings is 2. The van der Waals surface area contributed by atoms with Gasteiger partial charge in [0.05, 0.1) is 5.56 Å². The summed E-state index contributed by atoms with van der Waals surface area (Å²) < 4.78 is 39.0. The number of aromatic hydroxyl groups is 1. The van der Waals surface area contributed by atoms with Gasteiger partial charge in [0.2, 0.25) is 0 Å². The molecule has 0 saturated heterocycles. The maximum atomic E-state index is 13.0. The van der Waals surface area contributed by atoms with Crippen molar-refractivity contribution in [2.24, 2.45) is 0 Å². The van der Waals surface area contributed by atoms with E-state index < -0.39 is 11.7 Å². The molecule has 1 aliphatic carbocycles. The number of allylic oxidation sites excluding steroid dienone is 1.